The Morgan fingerprint density at radius 1 is 1.30 bits per heavy atom. The first-order valence-electron chi connectivity index (χ1n) is 6.80. The molecular formula is C15H19N3O2. The number of nitrogens with zero attached hydrogens (tertiary/aromatic N) is 3. The average Bonchev–Trinajstić information content (AvgIpc) is 2.83. The summed E-state index contributed by atoms with van der Waals surface area (Å²) in [5.41, 5.74) is 2.34. The number of aromatic carboxylic acids is 1. The quantitative estimate of drug-likeness (QED) is 0.908. The molecule has 106 valence electrons. The van der Waals surface area contributed by atoms with Crippen LogP contribution in [0.5, 0.6) is 0 Å². The summed E-state index contributed by atoms with van der Waals surface area (Å²) in [6, 6.07) is 5.18. The summed E-state index contributed by atoms with van der Waals surface area (Å²) in [4.78, 5) is 15.4. The fourth-order valence-electron chi connectivity index (χ4n) is 2.13. The molecule has 0 saturated heterocycles. The van der Waals surface area contributed by atoms with Gasteiger partial charge >= 0.3 is 5.97 Å². The maximum atomic E-state index is 10.9. The number of carboxylic acids is 1. The number of carbonyl (C=O) groups is 1. The van der Waals surface area contributed by atoms with Crippen LogP contribution >= 0.6 is 0 Å². The molecule has 1 aromatic heterocycles. The molecule has 0 spiro atoms. The zero-order valence-corrected chi connectivity index (χ0v) is 12.1. The van der Waals surface area contributed by atoms with Gasteiger partial charge in [-0.15, -0.1) is 0 Å². The Balaban J connectivity index is 2.30. The molecule has 0 aliphatic heterocycles. The second-order valence-corrected chi connectivity index (χ2v) is 4.76. The lowest BCUT2D eigenvalue weighted by Crippen LogP contribution is -2.08. The summed E-state index contributed by atoms with van der Waals surface area (Å²) < 4.78 is 1.90. The molecule has 2 rings (SSSR count). The lowest BCUT2D eigenvalue weighted by atomic mass is 10.1. The van der Waals surface area contributed by atoms with Crippen molar-refractivity contribution < 1.29 is 9.90 Å². The van der Waals surface area contributed by atoms with Crippen LogP contribution in [0.15, 0.2) is 18.2 Å². The van der Waals surface area contributed by atoms with Crippen molar-refractivity contribution in [2.75, 3.05) is 0 Å². The summed E-state index contributed by atoms with van der Waals surface area (Å²) in [6.45, 7) is 6.64. The average molecular weight is 273 g/mol. The van der Waals surface area contributed by atoms with Crippen molar-refractivity contribution >= 4 is 5.97 Å². The molecule has 0 radical (unpaired) electrons. The maximum absolute atomic E-state index is 10.9. The second-order valence-electron chi connectivity index (χ2n) is 4.76. The van der Waals surface area contributed by atoms with E-state index in [1.165, 1.54) is 0 Å². The van der Waals surface area contributed by atoms with Gasteiger partial charge in [0, 0.05) is 12.8 Å². The zero-order valence-electron chi connectivity index (χ0n) is 12.1. The molecular weight excluding hydrogens is 254 g/mol. The largest absolute Gasteiger partial charge is 0.478 e. The van der Waals surface area contributed by atoms with E-state index in [4.69, 9.17) is 5.11 Å². The monoisotopic (exact) mass is 273 g/mol. The third-order valence-corrected chi connectivity index (χ3v) is 3.33. The second kappa shape index (κ2) is 5.86. The highest BCUT2D eigenvalue weighted by Gasteiger charge is 2.10. The number of aromatic nitrogens is 3. The van der Waals surface area contributed by atoms with Crippen LogP contribution in [0.25, 0.3) is 0 Å². The van der Waals surface area contributed by atoms with Crippen LogP contribution in [-0.4, -0.2) is 25.8 Å². The minimum Gasteiger partial charge on any atom is -0.478 e. The molecule has 1 aromatic carbocycles. The molecule has 1 heterocycles. The molecule has 0 atom stereocenters. The summed E-state index contributed by atoms with van der Waals surface area (Å²) in [5, 5.41) is 13.5. The van der Waals surface area contributed by atoms with Crippen LogP contribution in [-0.2, 0) is 19.4 Å². The SMILES string of the molecule is CCc1nc(CC)n(Cc2ccc(C(=O)O)cc2C)n1. The van der Waals surface area contributed by atoms with Crippen molar-refractivity contribution in [1.82, 2.24) is 14.8 Å². The van der Waals surface area contributed by atoms with Gasteiger partial charge in [0.25, 0.3) is 0 Å². The van der Waals surface area contributed by atoms with Gasteiger partial charge in [-0.1, -0.05) is 19.9 Å². The van der Waals surface area contributed by atoms with Crippen molar-refractivity contribution in [3.63, 3.8) is 0 Å². The first-order valence-corrected chi connectivity index (χ1v) is 6.80. The third-order valence-electron chi connectivity index (χ3n) is 3.33. The molecule has 0 bridgehead atoms. The first-order chi connectivity index (χ1) is 9.55. The van der Waals surface area contributed by atoms with E-state index in [1.54, 1.807) is 12.1 Å². The molecule has 1 N–H and O–H groups in total. The van der Waals surface area contributed by atoms with Crippen LogP contribution in [0.2, 0.25) is 0 Å². The molecule has 5 nitrogen and oxygen atoms in total. The fourth-order valence-corrected chi connectivity index (χ4v) is 2.13. The predicted molar refractivity (Wildman–Crippen MR) is 76.0 cm³/mol. The zero-order chi connectivity index (χ0) is 14.7. The summed E-state index contributed by atoms with van der Waals surface area (Å²) >= 11 is 0. The standard InChI is InChI=1S/C15H19N3O2/c1-4-13-16-14(5-2)18(17-13)9-12-7-6-11(15(19)20)8-10(12)3/h6-8H,4-5,9H2,1-3H3,(H,19,20). The molecule has 0 fully saturated rings. The third kappa shape index (κ3) is 2.87. The Labute approximate surface area is 118 Å². The normalized spacial score (nSPS) is 10.8. The van der Waals surface area contributed by atoms with E-state index < -0.39 is 5.97 Å². The Kier molecular flexibility index (Phi) is 4.17. The van der Waals surface area contributed by atoms with Crippen LogP contribution < -0.4 is 0 Å². The Morgan fingerprint density at radius 2 is 2.05 bits per heavy atom. The summed E-state index contributed by atoms with van der Waals surface area (Å²) in [7, 11) is 0. The Morgan fingerprint density at radius 3 is 2.60 bits per heavy atom. The molecule has 0 unspecified atom stereocenters. The van der Waals surface area contributed by atoms with E-state index in [2.05, 4.69) is 17.0 Å². The Hall–Kier alpha value is -2.17. The van der Waals surface area contributed by atoms with Gasteiger partial charge in [0.2, 0.25) is 0 Å². The van der Waals surface area contributed by atoms with E-state index in [0.29, 0.717) is 12.1 Å². The van der Waals surface area contributed by atoms with Crippen molar-refractivity contribution in [3.05, 3.63) is 46.5 Å². The number of benzene rings is 1. The van der Waals surface area contributed by atoms with E-state index in [9.17, 15) is 4.79 Å². The van der Waals surface area contributed by atoms with E-state index >= 15 is 0 Å². The van der Waals surface area contributed by atoms with Crippen LogP contribution in [0.3, 0.4) is 0 Å². The molecule has 0 amide bonds. The fraction of sp³-hybridized carbons (Fsp3) is 0.400. The molecule has 2 aromatic rings. The van der Waals surface area contributed by atoms with Crippen LogP contribution in [0, 0.1) is 6.92 Å². The molecule has 0 aliphatic rings. The van der Waals surface area contributed by atoms with Gasteiger partial charge in [0.1, 0.15) is 5.82 Å². The molecule has 20 heavy (non-hydrogen) atoms. The van der Waals surface area contributed by atoms with Crippen molar-refractivity contribution in [2.45, 2.75) is 40.2 Å². The van der Waals surface area contributed by atoms with Crippen molar-refractivity contribution in [1.29, 1.82) is 0 Å². The van der Waals surface area contributed by atoms with Gasteiger partial charge in [-0.3, -0.25) is 0 Å². The molecule has 0 saturated carbocycles. The van der Waals surface area contributed by atoms with E-state index in [0.717, 1.165) is 35.6 Å². The minimum atomic E-state index is -0.900. The van der Waals surface area contributed by atoms with Gasteiger partial charge in [-0.05, 0) is 30.2 Å². The van der Waals surface area contributed by atoms with Crippen molar-refractivity contribution in [3.8, 4) is 0 Å². The number of rotatable bonds is 5. The number of aryl methyl sites for hydroxylation is 3. The highest BCUT2D eigenvalue weighted by atomic mass is 16.4. The predicted octanol–water partition coefficient (Wildman–Crippen LogP) is 2.46. The van der Waals surface area contributed by atoms with Gasteiger partial charge in [0.15, 0.2) is 5.82 Å². The van der Waals surface area contributed by atoms with E-state index in [1.807, 2.05) is 24.6 Å². The number of carboxylic acid groups (broad SMARTS) is 1. The topological polar surface area (TPSA) is 68.0 Å². The van der Waals surface area contributed by atoms with Gasteiger partial charge in [-0.25, -0.2) is 14.5 Å². The number of hydrogen-bond acceptors (Lipinski definition) is 3. The lowest BCUT2D eigenvalue weighted by molar-refractivity contribution is 0.0697. The van der Waals surface area contributed by atoms with Crippen LogP contribution in [0.4, 0.5) is 0 Å². The molecule has 5 heteroatoms. The first kappa shape index (κ1) is 14.2. The molecule has 0 aliphatic carbocycles. The number of hydrogen-bond donors (Lipinski definition) is 1. The van der Waals surface area contributed by atoms with Gasteiger partial charge < -0.3 is 5.11 Å². The lowest BCUT2D eigenvalue weighted by Gasteiger charge is -2.08. The van der Waals surface area contributed by atoms with E-state index in [-0.39, 0.29) is 0 Å². The summed E-state index contributed by atoms with van der Waals surface area (Å²) in [6.07, 6.45) is 1.65. The summed E-state index contributed by atoms with van der Waals surface area (Å²) in [5.74, 6) is 0.910. The minimum absolute atomic E-state index is 0.315. The maximum Gasteiger partial charge on any atom is 0.335 e. The Bertz CT molecular complexity index is 632. The smallest absolute Gasteiger partial charge is 0.335 e. The van der Waals surface area contributed by atoms with Gasteiger partial charge in [0.05, 0.1) is 12.1 Å². The highest BCUT2D eigenvalue weighted by molar-refractivity contribution is 5.87. The van der Waals surface area contributed by atoms with Crippen molar-refractivity contribution in [2.24, 2.45) is 0 Å². The highest BCUT2D eigenvalue weighted by Crippen LogP contribution is 2.14. The van der Waals surface area contributed by atoms with Gasteiger partial charge in [-0.2, -0.15) is 5.10 Å². The van der Waals surface area contributed by atoms with Crippen LogP contribution in [0.1, 0.15) is 47.0 Å².